The third-order valence-electron chi connectivity index (χ3n) is 3.52. The van der Waals surface area contributed by atoms with E-state index in [2.05, 4.69) is 6.92 Å². The Kier molecular flexibility index (Phi) is 4.94. The summed E-state index contributed by atoms with van der Waals surface area (Å²) in [6.45, 7) is 6.16. The normalized spacial score (nSPS) is 10.7. The maximum absolute atomic E-state index is 14.2. The van der Waals surface area contributed by atoms with Crippen molar-refractivity contribution in [3.63, 3.8) is 0 Å². The topological polar surface area (TPSA) is 9.23 Å². The highest BCUT2D eigenvalue weighted by Gasteiger charge is 2.16. The Morgan fingerprint density at radius 2 is 1.76 bits per heavy atom. The standard InChI is InChI=1S/C18H20F2O/c1-4-6-13-7-8-14(11-12(13)3)15-9-10-16(21-5-2)18(20)17(15)19/h7-11H,4-6H2,1-3H3. The molecule has 0 bridgehead atoms. The van der Waals surface area contributed by atoms with Gasteiger partial charge in [-0.1, -0.05) is 31.5 Å². The molecule has 2 aromatic rings. The number of hydrogen-bond acceptors (Lipinski definition) is 1. The summed E-state index contributed by atoms with van der Waals surface area (Å²) in [5, 5.41) is 0. The van der Waals surface area contributed by atoms with Crippen LogP contribution < -0.4 is 4.74 Å². The zero-order valence-corrected chi connectivity index (χ0v) is 12.7. The maximum Gasteiger partial charge on any atom is 0.201 e. The number of benzene rings is 2. The molecule has 0 amide bonds. The first kappa shape index (κ1) is 15.5. The quantitative estimate of drug-likeness (QED) is 0.727. The van der Waals surface area contributed by atoms with Gasteiger partial charge in [-0.05, 0) is 49.1 Å². The van der Waals surface area contributed by atoms with Gasteiger partial charge in [0.15, 0.2) is 11.6 Å². The molecule has 2 rings (SSSR count). The first-order valence-corrected chi connectivity index (χ1v) is 7.29. The van der Waals surface area contributed by atoms with Gasteiger partial charge < -0.3 is 4.74 Å². The zero-order chi connectivity index (χ0) is 15.4. The summed E-state index contributed by atoms with van der Waals surface area (Å²) in [5.74, 6) is -1.83. The van der Waals surface area contributed by atoms with E-state index in [1.54, 1.807) is 13.0 Å². The molecular weight excluding hydrogens is 270 g/mol. The molecule has 0 saturated heterocycles. The van der Waals surface area contributed by atoms with Crippen molar-refractivity contribution in [1.82, 2.24) is 0 Å². The maximum atomic E-state index is 14.2. The fourth-order valence-electron chi connectivity index (χ4n) is 2.43. The second-order valence-electron chi connectivity index (χ2n) is 5.06. The number of halogens is 2. The second kappa shape index (κ2) is 6.70. The van der Waals surface area contributed by atoms with Crippen molar-refractivity contribution in [1.29, 1.82) is 0 Å². The van der Waals surface area contributed by atoms with Crippen molar-refractivity contribution in [2.45, 2.75) is 33.6 Å². The summed E-state index contributed by atoms with van der Waals surface area (Å²) in [5.41, 5.74) is 3.30. The van der Waals surface area contributed by atoms with Crippen LogP contribution in [-0.2, 0) is 6.42 Å². The molecule has 2 aromatic carbocycles. The Balaban J connectivity index is 2.43. The Labute approximate surface area is 124 Å². The average molecular weight is 290 g/mol. The van der Waals surface area contributed by atoms with Gasteiger partial charge in [0.2, 0.25) is 5.82 Å². The Hall–Kier alpha value is -1.90. The average Bonchev–Trinajstić information content (AvgIpc) is 2.47. The van der Waals surface area contributed by atoms with Crippen molar-refractivity contribution < 1.29 is 13.5 Å². The summed E-state index contributed by atoms with van der Waals surface area (Å²) in [6, 6.07) is 8.78. The van der Waals surface area contributed by atoms with Gasteiger partial charge in [-0.3, -0.25) is 0 Å². The van der Waals surface area contributed by atoms with Gasteiger partial charge in [-0.2, -0.15) is 4.39 Å². The molecule has 0 aliphatic heterocycles. The van der Waals surface area contributed by atoms with E-state index in [1.807, 2.05) is 25.1 Å². The number of aryl methyl sites for hydroxylation is 2. The highest BCUT2D eigenvalue weighted by atomic mass is 19.2. The molecule has 21 heavy (non-hydrogen) atoms. The molecule has 112 valence electrons. The first-order chi connectivity index (χ1) is 10.1. The highest BCUT2D eigenvalue weighted by Crippen LogP contribution is 2.31. The summed E-state index contributed by atoms with van der Waals surface area (Å²) in [4.78, 5) is 0. The second-order valence-corrected chi connectivity index (χ2v) is 5.06. The minimum absolute atomic E-state index is 0.0434. The number of hydrogen-bond donors (Lipinski definition) is 0. The molecule has 0 aliphatic rings. The summed E-state index contributed by atoms with van der Waals surface area (Å²) >= 11 is 0. The number of ether oxygens (including phenoxy) is 1. The van der Waals surface area contributed by atoms with E-state index in [0.29, 0.717) is 12.2 Å². The van der Waals surface area contributed by atoms with Crippen LogP contribution in [0.5, 0.6) is 5.75 Å². The lowest BCUT2D eigenvalue weighted by Crippen LogP contribution is -1.99. The van der Waals surface area contributed by atoms with E-state index < -0.39 is 11.6 Å². The van der Waals surface area contributed by atoms with Crippen LogP contribution in [0.4, 0.5) is 8.78 Å². The zero-order valence-electron chi connectivity index (χ0n) is 12.7. The summed E-state index contributed by atoms with van der Waals surface area (Å²) in [6.07, 6.45) is 2.05. The van der Waals surface area contributed by atoms with Crippen LogP contribution in [0.15, 0.2) is 30.3 Å². The van der Waals surface area contributed by atoms with Gasteiger partial charge in [0.25, 0.3) is 0 Å². The fourth-order valence-corrected chi connectivity index (χ4v) is 2.43. The van der Waals surface area contributed by atoms with Crippen molar-refractivity contribution in [3.05, 3.63) is 53.1 Å². The van der Waals surface area contributed by atoms with Gasteiger partial charge in [-0.15, -0.1) is 0 Å². The molecule has 0 fully saturated rings. The van der Waals surface area contributed by atoms with Crippen molar-refractivity contribution in [2.24, 2.45) is 0 Å². The lowest BCUT2D eigenvalue weighted by Gasteiger charge is -2.11. The smallest absolute Gasteiger partial charge is 0.201 e. The molecule has 0 spiro atoms. The third kappa shape index (κ3) is 3.23. The molecule has 0 aliphatic carbocycles. The SMILES string of the molecule is CCCc1ccc(-c2ccc(OCC)c(F)c2F)cc1C. The van der Waals surface area contributed by atoms with E-state index in [9.17, 15) is 8.78 Å². The van der Waals surface area contributed by atoms with Crippen LogP contribution in [0.3, 0.4) is 0 Å². The fraction of sp³-hybridized carbons (Fsp3) is 0.333. The third-order valence-corrected chi connectivity index (χ3v) is 3.52. The van der Waals surface area contributed by atoms with Crippen LogP contribution in [0, 0.1) is 18.6 Å². The molecule has 1 nitrogen and oxygen atoms in total. The molecular formula is C18H20F2O. The lowest BCUT2D eigenvalue weighted by molar-refractivity contribution is 0.314. The van der Waals surface area contributed by atoms with Gasteiger partial charge in [0.05, 0.1) is 6.61 Å². The van der Waals surface area contributed by atoms with Gasteiger partial charge in [0, 0.05) is 5.56 Å². The van der Waals surface area contributed by atoms with E-state index in [4.69, 9.17) is 4.74 Å². The van der Waals surface area contributed by atoms with E-state index in [1.165, 1.54) is 11.6 Å². The van der Waals surface area contributed by atoms with E-state index in [-0.39, 0.29) is 11.3 Å². The van der Waals surface area contributed by atoms with Gasteiger partial charge in [0.1, 0.15) is 0 Å². The number of rotatable bonds is 5. The van der Waals surface area contributed by atoms with Crippen LogP contribution in [0.2, 0.25) is 0 Å². The van der Waals surface area contributed by atoms with Crippen molar-refractivity contribution >= 4 is 0 Å². The molecule has 0 N–H and O–H groups in total. The molecule has 0 aromatic heterocycles. The van der Waals surface area contributed by atoms with Crippen LogP contribution >= 0.6 is 0 Å². The first-order valence-electron chi connectivity index (χ1n) is 7.29. The molecule has 0 saturated carbocycles. The molecule has 3 heteroatoms. The van der Waals surface area contributed by atoms with E-state index in [0.717, 1.165) is 18.4 Å². The van der Waals surface area contributed by atoms with Crippen molar-refractivity contribution in [3.8, 4) is 16.9 Å². The van der Waals surface area contributed by atoms with Crippen LogP contribution in [-0.4, -0.2) is 6.61 Å². The van der Waals surface area contributed by atoms with Crippen LogP contribution in [0.25, 0.3) is 11.1 Å². The molecule has 0 atom stereocenters. The Bertz CT molecular complexity index is 635. The Morgan fingerprint density at radius 1 is 1.00 bits per heavy atom. The van der Waals surface area contributed by atoms with Gasteiger partial charge in [-0.25, -0.2) is 4.39 Å². The van der Waals surface area contributed by atoms with Crippen molar-refractivity contribution in [2.75, 3.05) is 6.61 Å². The monoisotopic (exact) mass is 290 g/mol. The molecule has 0 heterocycles. The minimum atomic E-state index is -0.926. The van der Waals surface area contributed by atoms with E-state index >= 15 is 0 Å². The molecule has 0 unspecified atom stereocenters. The minimum Gasteiger partial charge on any atom is -0.491 e. The Morgan fingerprint density at radius 3 is 2.38 bits per heavy atom. The summed E-state index contributed by atoms with van der Waals surface area (Å²) in [7, 11) is 0. The predicted octanol–water partition coefficient (Wildman–Crippen LogP) is 5.29. The lowest BCUT2D eigenvalue weighted by atomic mass is 9.97. The van der Waals surface area contributed by atoms with Gasteiger partial charge >= 0.3 is 0 Å². The molecule has 0 radical (unpaired) electrons. The predicted molar refractivity (Wildman–Crippen MR) is 81.7 cm³/mol. The highest BCUT2D eigenvalue weighted by molar-refractivity contribution is 5.66. The largest absolute Gasteiger partial charge is 0.491 e. The summed E-state index contributed by atoms with van der Waals surface area (Å²) < 4.78 is 33.2. The van der Waals surface area contributed by atoms with Crippen LogP contribution in [0.1, 0.15) is 31.4 Å².